The van der Waals surface area contributed by atoms with Crippen LogP contribution in [0.25, 0.3) is 0 Å². The molecular formula is C22H29N3O3S. The van der Waals surface area contributed by atoms with Gasteiger partial charge in [-0.15, -0.1) is 0 Å². The number of hydrogen-bond donors (Lipinski definition) is 1. The number of para-hydroxylation sites is 1. The van der Waals surface area contributed by atoms with Crippen molar-refractivity contribution in [3.63, 3.8) is 0 Å². The SMILES string of the molecule is CC1CCc2ccccc2N1CC(=O)Nc1ccc(S(=O)(=O)N(C)C(C)C)cc1. The minimum Gasteiger partial charge on any atom is -0.359 e. The fourth-order valence-corrected chi connectivity index (χ4v) is 4.88. The van der Waals surface area contributed by atoms with Gasteiger partial charge in [-0.05, 0) is 69.5 Å². The lowest BCUT2D eigenvalue weighted by Crippen LogP contribution is -2.42. The van der Waals surface area contributed by atoms with Crippen LogP contribution in [0.2, 0.25) is 0 Å². The van der Waals surface area contributed by atoms with Crippen molar-refractivity contribution in [1.29, 1.82) is 0 Å². The molecule has 1 aliphatic rings. The summed E-state index contributed by atoms with van der Waals surface area (Å²) in [5.41, 5.74) is 2.96. The fraction of sp³-hybridized carbons (Fsp3) is 0.409. The van der Waals surface area contributed by atoms with E-state index in [2.05, 4.69) is 29.3 Å². The number of fused-ring (bicyclic) bond motifs is 1. The number of carbonyl (C=O) groups excluding carboxylic acids is 1. The Morgan fingerprint density at radius 3 is 2.48 bits per heavy atom. The monoisotopic (exact) mass is 415 g/mol. The first-order valence-corrected chi connectivity index (χ1v) is 11.4. The van der Waals surface area contributed by atoms with E-state index in [1.807, 2.05) is 26.0 Å². The maximum Gasteiger partial charge on any atom is 0.243 e. The zero-order valence-electron chi connectivity index (χ0n) is 17.4. The molecule has 1 aliphatic heterocycles. The summed E-state index contributed by atoms with van der Waals surface area (Å²) < 4.78 is 26.4. The van der Waals surface area contributed by atoms with Gasteiger partial charge in [0.15, 0.2) is 0 Å². The van der Waals surface area contributed by atoms with Gasteiger partial charge < -0.3 is 10.2 Å². The van der Waals surface area contributed by atoms with Crippen molar-refractivity contribution in [3.8, 4) is 0 Å². The van der Waals surface area contributed by atoms with Gasteiger partial charge in [0, 0.05) is 30.5 Å². The molecule has 1 heterocycles. The second kappa shape index (κ2) is 8.55. The van der Waals surface area contributed by atoms with E-state index >= 15 is 0 Å². The Labute approximate surface area is 173 Å². The smallest absolute Gasteiger partial charge is 0.243 e. The lowest BCUT2D eigenvalue weighted by Gasteiger charge is -2.36. The third-order valence-electron chi connectivity index (χ3n) is 5.52. The molecule has 0 aliphatic carbocycles. The van der Waals surface area contributed by atoms with Crippen LogP contribution in [0.3, 0.4) is 0 Å². The van der Waals surface area contributed by atoms with Gasteiger partial charge in [0.1, 0.15) is 0 Å². The van der Waals surface area contributed by atoms with Crippen molar-refractivity contribution < 1.29 is 13.2 Å². The van der Waals surface area contributed by atoms with Crippen LogP contribution < -0.4 is 10.2 Å². The number of aryl methyl sites for hydroxylation is 1. The number of hydrogen-bond acceptors (Lipinski definition) is 4. The van der Waals surface area contributed by atoms with Crippen LogP contribution in [-0.2, 0) is 21.2 Å². The predicted octanol–water partition coefficient (Wildman–Crippen LogP) is 3.50. The highest BCUT2D eigenvalue weighted by Gasteiger charge is 2.25. The molecule has 0 fully saturated rings. The second-order valence-corrected chi connectivity index (χ2v) is 9.83. The topological polar surface area (TPSA) is 69.7 Å². The number of benzene rings is 2. The summed E-state index contributed by atoms with van der Waals surface area (Å²) in [5, 5.41) is 2.88. The molecular weight excluding hydrogens is 386 g/mol. The van der Waals surface area contributed by atoms with Crippen LogP contribution in [0.5, 0.6) is 0 Å². The molecule has 0 aromatic heterocycles. The molecule has 1 amide bonds. The largest absolute Gasteiger partial charge is 0.359 e. The minimum absolute atomic E-state index is 0.122. The number of sulfonamides is 1. The van der Waals surface area contributed by atoms with E-state index in [1.165, 1.54) is 22.0 Å². The van der Waals surface area contributed by atoms with Gasteiger partial charge >= 0.3 is 0 Å². The highest BCUT2D eigenvalue weighted by Crippen LogP contribution is 2.30. The van der Waals surface area contributed by atoms with Gasteiger partial charge in [-0.1, -0.05) is 18.2 Å². The van der Waals surface area contributed by atoms with Gasteiger partial charge in [0.2, 0.25) is 15.9 Å². The average molecular weight is 416 g/mol. The van der Waals surface area contributed by atoms with Gasteiger partial charge in [0.05, 0.1) is 11.4 Å². The lowest BCUT2D eigenvalue weighted by atomic mass is 9.96. The number of nitrogens with zero attached hydrogens (tertiary/aromatic N) is 2. The summed E-state index contributed by atoms with van der Waals surface area (Å²) in [6.45, 7) is 6.04. The van der Waals surface area contributed by atoms with Crippen LogP contribution >= 0.6 is 0 Å². The summed E-state index contributed by atoms with van der Waals surface area (Å²) in [5.74, 6) is -0.122. The standard InChI is InChI=1S/C22H29N3O3S/c1-16(2)24(4)29(27,28)20-13-11-19(12-14-20)23-22(26)15-25-17(3)9-10-18-7-5-6-8-21(18)25/h5-8,11-14,16-17H,9-10,15H2,1-4H3,(H,23,26). The number of rotatable bonds is 6. The van der Waals surface area contributed by atoms with Gasteiger partial charge in [-0.25, -0.2) is 8.42 Å². The molecule has 0 spiro atoms. The number of amides is 1. The zero-order valence-corrected chi connectivity index (χ0v) is 18.2. The Balaban J connectivity index is 1.69. The average Bonchev–Trinajstić information content (AvgIpc) is 2.70. The Kier molecular flexibility index (Phi) is 6.29. The van der Waals surface area contributed by atoms with E-state index in [4.69, 9.17) is 0 Å². The van der Waals surface area contributed by atoms with Crippen LogP contribution in [0, 0.1) is 0 Å². The Bertz CT molecular complexity index is 971. The van der Waals surface area contributed by atoms with E-state index in [1.54, 1.807) is 19.2 Å². The second-order valence-electron chi connectivity index (χ2n) is 7.83. The molecule has 1 atom stereocenters. The molecule has 1 unspecified atom stereocenters. The van der Waals surface area contributed by atoms with E-state index in [0.29, 0.717) is 5.69 Å². The van der Waals surface area contributed by atoms with Crippen molar-refractivity contribution in [2.24, 2.45) is 0 Å². The molecule has 2 aromatic carbocycles. The quantitative estimate of drug-likeness (QED) is 0.784. The summed E-state index contributed by atoms with van der Waals surface area (Å²) >= 11 is 0. The van der Waals surface area contributed by atoms with E-state index < -0.39 is 10.0 Å². The molecule has 0 saturated carbocycles. The summed E-state index contributed by atoms with van der Waals surface area (Å²) in [4.78, 5) is 15.0. The Morgan fingerprint density at radius 2 is 1.83 bits per heavy atom. The van der Waals surface area contributed by atoms with E-state index in [0.717, 1.165) is 18.5 Å². The molecule has 0 bridgehead atoms. The molecule has 6 nitrogen and oxygen atoms in total. The fourth-order valence-electron chi connectivity index (χ4n) is 3.51. The van der Waals surface area contributed by atoms with Crippen molar-refractivity contribution in [2.45, 2.75) is 50.6 Å². The lowest BCUT2D eigenvalue weighted by molar-refractivity contribution is -0.115. The van der Waals surface area contributed by atoms with Gasteiger partial charge in [-0.2, -0.15) is 4.31 Å². The first-order chi connectivity index (χ1) is 13.7. The maximum atomic E-state index is 12.6. The van der Waals surface area contributed by atoms with Crippen LogP contribution in [0.4, 0.5) is 11.4 Å². The Hall–Kier alpha value is -2.38. The molecule has 1 N–H and O–H groups in total. The molecule has 3 rings (SSSR count). The van der Waals surface area contributed by atoms with Crippen molar-refractivity contribution in [3.05, 3.63) is 54.1 Å². The maximum absolute atomic E-state index is 12.6. The molecule has 7 heteroatoms. The minimum atomic E-state index is -3.53. The summed E-state index contributed by atoms with van der Waals surface area (Å²) in [7, 11) is -1.97. The van der Waals surface area contributed by atoms with Crippen molar-refractivity contribution >= 4 is 27.3 Å². The molecule has 156 valence electrons. The van der Waals surface area contributed by atoms with Crippen molar-refractivity contribution in [2.75, 3.05) is 23.8 Å². The van der Waals surface area contributed by atoms with Gasteiger partial charge in [0.25, 0.3) is 0 Å². The first kappa shape index (κ1) is 21.3. The number of anilines is 2. The van der Waals surface area contributed by atoms with Crippen LogP contribution in [0.1, 0.15) is 32.8 Å². The van der Waals surface area contributed by atoms with Gasteiger partial charge in [-0.3, -0.25) is 4.79 Å². The molecule has 29 heavy (non-hydrogen) atoms. The Morgan fingerprint density at radius 1 is 1.17 bits per heavy atom. The van der Waals surface area contributed by atoms with E-state index in [9.17, 15) is 13.2 Å². The summed E-state index contributed by atoms with van der Waals surface area (Å²) in [6.07, 6.45) is 2.04. The third-order valence-corrected chi connectivity index (χ3v) is 7.57. The summed E-state index contributed by atoms with van der Waals surface area (Å²) in [6, 6.07) is 14.7. The normalized spacial score (nSPS) is 16.8. The third kappa shape index (κ3) is 4.62. The highest BCUT2D eigenvalue weighted by atomic mass is 32.2. The van der Waals surface area contributed by atoms with Crippen molar-refractivity contribution in [1.82, 2.24) is 4.31 Å². The first-order valence-electron chi connectivity index (χ1n) is 9.92. The highest BCUT2D eigenvalue weighted by molar-refractivity contribution is 7.89. The number of nitrogens with one attached hydrogen (secondary N) is 1. The van der Waals surface area contributed by atoms with Crippen LogP contribution in [-0.4, -0.2) is 44.3 Å². The zero-order chi connectivity index (χ0) is 21.2. The molecule has 2 aromatic rings. The molecule has 0 radical (unpaired) electrons. The predicted molar refractivity (Wildman–Crippen MR) is 117 cm³/mol. The van der Waals surface area contributed by atoms with E-state index in [-0.39, 0.29) is 29.4 Å². The van der Waals surface area contributed by atoms with Crippen LogP contribution in [0.15, 0.2) is 53.4 Å². The molecule has 0 saturated heterocycles. The number of carbonyl (C=O) groups is 1.